The van der Waals surface area contributed by atoms with Crippen molar-refractivity contribution in [2.75, 3.05) is 13.1 Å². The predicted molar refractivity (Wildman–Crippen MR) is 53.0 cm³/mol. The second-order valence-corrected chi connectivity index (χ2v) is 3.09. The highest BCUT2D eigenvalue weighted by Gasteiger charge is 2.00. The van der Waals surface area contributed by atoms with Crippen LogP contribution < -0.4 is 0 Å². The van der Waals surface area contributed by atoms with Crippen molar-refractivity contribution in [3.8, 4) is 0 Å². The number of benzene rings is 1. The molecule has 72 valence electrons. The van der Waals surface area contributed by atoms with Gasteiger partial charge in [-0.15, -0.1) is 0 Å². The van der Waals surface area contributed by atoms with Crippen LogP contribution in [0, 0.1) is 5.82 Å². The Balaban J connectivity index is 2.58. The molecule has 0 spiro atoms. The third-order valence-corrected chi connectivity index (χ3v) is 2.21. The minimum absolute atomic E-state index is 0.164. The molecule has 1 rings (SSSR count). The molecule has 0 atom stereocenters. The van der Waals surface area contributed by atoms with Gasteiger partial charge < -0.3 is 0 Å². The highest BCUT2D eigenvalue weighted by molar-refractivity contribution is 5.15. The van der Waals surface area contributed by atoms with E-state index in [1.165, 1.54) is 17.7 Å². The van der Waals surface area contributed by atoms with Crippen molar-refractivity contribution in [1.82, 2.24) is 4.90 Å². The lowest BCUT2D eigenvalue weighted by atomic mass is 10.2. The molecule has 1 aromatic carbocycles. The van der Waals surface area contributed by atoms with E-state index < -0.39 is 0 Å². The van der Waals surface area contributed by atoms with Gasteiger partial charge in [0.25, 0.3) is 0 Å². The lowest BCUT2D eigenvalue weighted by Gasteiger charge is -2.17. The maximum Gasteiger partial charge on any atom is 0.123 e. The van der Waals surface area contributed by atoms with Crippen LogP contribution in [-0.4, -0.2) is 18.0 Å². The number of hydrogen-bond acceptors (Lipinski definition) is 1. The average molecular weight is 181 g/mol. The zero-order valence-corrected chi connectivity index (χ0v) is 8.26. The second-order valence-electron chi connectivity index (χ2n) is 3.09. The first-order chi connectivity index (χ1) is 6.26. The molecule has 2 heteroatoms. The van der Waals surface area contributed by atoms with Gasteiger partial charge in [0.2, 0.25) is 0 Å². The van der Waals surface area contributed by atoms with E-state index in [-0.39, 0.29) is 5.82 Å². The number of hydrogen-bond donors (Lipinski definition) is 0. The fourth-order valence-corrected chi connectivity index (χ4v) is 1.30. The molecule has 13 heavy (non-hydrogen) atoms. The Kier molecular flexibility index (Phi) is 3.90. The van der Waals surface area contributed by atoms with Crippen LogP contribution in [0.1, 0.15) is 19.4 Å². The van der Waals surface area contributed by atoms with Crippen LogP contribution >= 0.6 is 0 Å². The third kappa shape index (κ3) is 3.15. The molecule has 0 aromatic heterocycles. The molecule has 1 aromatic rings. The molecular formula is C11H16FN. The quantitative estimate of drug-likeness (QED) is 0.690. The van der Waals surface area contributed by atoms with Gasteiger partial charge in [0.1, 0.15) is 5.82 Å². The van der Waals surface area contributed by atoms with Crippen LogP contribution in [0.15, 0.2) is 24.3 Å². The average Bonchev–Trinajstić information content (AvgIpc) is 2.17. The van der Waals surface area contributed by atoms with Crippen molar-refractivity contribution in [2.45, 2.75) is 20.4 Å². The summed E-state index contributed by atoms with van der Waals surface area (Å²) >= 11 is 0. The maximum atomic E-state index is 12.6. The second kappa shape index (κ2) is 4.97. The van der Waals surface area contributed by atoms with Crippen LogP contribution in [0.3, 0.4) is 0 Å². The molecule has 0 unspecified atom stereocenters. The molecule has 0 aliphatic rings. The van der Waals surface area contributed by atoms with Gasteiger partial charge in [0.05, 0.1) is 0 Å². The van der Waals surface area contributed by atoms with Crippen LogP contribution in [-0.2, 0) is 6.54 Å². The lowest BCUT2D eigenvalue weighted by Crippen LogP contribution is -2.21. The minimum Gasteiger partial charge on any atom is -0.300 e. The molecule has 0 saturated heterocycles. The largest absolute Gasteiger partial charge is 0.300 e. The van der Waals surface area contributed by atoms with Gasteiger partial charge in [-0.1, -0.05) is 26.0 Å². The summed E-state index contributed by atoms with van der Waals surface area (Å²) in [5.41, 5.74) is 1.17. The Bertz CT molecular complexity index is 239. The minimum atomic E-state index is -0.164. The molecule has 0 bridgehead atoms. The Labute approximate surface area is 79.2 Å². The molecule has 0 fully saturated rings. The molecular weight excluding hydrogens is 165 g/mol. The molecule has 0 amide bonds. The van der Waals surface area contributed by atoms with Gasteiger partial charge in [0.15, 0.2) is 0 Å². The van der Waals surface area contributed by atoms with E-state index >= 15 is 0 Å². The first kappa shape index (κ1) is 10.2. The molecule has 0 aliphatic heterocycles. The fraction of sp³-hybridized carbons (Fsp3) is 0.455. The summed E-state index contributed by atoms with van der Waals surface area (Å²) in [4.78, 5) is 2.30. The van der Waals surface area contributed by atoms with Crippen molar-refractivity contribution < 1.29 is 4.39 Å². The first-order valence-corrected chi connectivity index (χ1v) is 4.73. The van der Waals surface area contributed by atoms with E-state index in [1.807, 2.05) is 12.1 Å². The molecule has 0 aliphatic carbocycles. The van der Waals surface area contributed by atoms with Gasteiger partial charge >= 0.3 is 0 Å². The maximum absolute atomic E-state index is 12.6. The number of rotatable bonds is 4. The Morgan fingerprint density at radius 2 is 1.62 bits per heavy atom. The monoisotopic (exact) mass is 181 g/mol. The highest BCUT2D eigenvalue weighted by Crippen LogP contribution is 2.05. The van der Waals surface area contributed by atoms with E-state index in [0.717, 1.165) is 19.6 Å². The molecule has 1 nitrogen and oxygen atoms in total. The molecule has 0 N–H and O–H groups in total. The summed E-state index contributed by atoms with van der Waals surface area (Å²) in [5.74, 6) is -0.164. The Morgan fingerprint density at radius 3 is 2.08 bits per heavy atom. The molecule has 0 heterocycles. The van der Waals surface area contributed by atoms with E-state index in [0.29, 0.717) is 0 Å². The lowest BCUT2D eigenvalue weighted by molar-refractivity contribution is 0.296. The van der Waals surface area contributed by atoms with Crippen molar-refractivity contribution in [1.29, 1.82) is 0 Å². The summed E-state index contributed by atoms with van der Waals surface area (Å²) < 4.78 is 12.6. The van der Waals surface area contributed by atoms with Crippen LogP contribution in [0.2, 0.25) is 0 Å². The zero-order chi connectivity index (χ0) is 9.68. The first-order valence-electron chi connectivity index (χ1n) is 4.73. The van der Waals surface area contributed by atoms with Crippen molar-refractivity contribution in [3.63, 3.8) is 0 Å². The molecule has 0 saturated carbocycles. The summed E-state index contributed by atoms with van der Waals surface area (Å²) in [6.45, 7) is 7.25. The SMILES string of the molecule is CCN(CC)Cc1ccc(F)cc1. The topological polar surface area (TPSA) is 3.24 Å². The van der Waals surface area contributed by atoms with Crippen LogP contribution in [0.25, 0.3) is 0 Å². The van der Waals surface area contributed by atoms with E-state index in [2.05, 4.69) is 18.7 Å². The van der Waals surface area contributed by atoms with Gasteiger partial charge in [-0.25, -0.2) is 4.39 Å². The summed E-state index contributed by atoms with van der Waals surface area (Å²) in [7, 11) is 0. The van der Waals surface area contributed by atoms with Crippen LogP contribution in [0.5, 0.6) is 0 Å². The van der Waals surface area contributed by atoms with Gasteiger partial charge in [-0.2, -0.15) is 0 Å². The van der Waals surface area contributed by atoms with E-state index in [9.17, 15) is 4.39 Å². The normalized spacial score (nSPS) is 10.8. The Morgan fingerprint density at radius 1 is 1.08 bits per heavy atom. The Hall–Kier alpha value is -0.890. The zero-order valence-electron chi connectivity index (χ0n) is 8.26. The van der Waals surface area contributed by atoms with Gasteiger partial charge in [0, 0.05) is 6.54 Å². The van der Waals surface area contributed by atoms with Gasteiger partial charge in [-0.3, -0.25) is 4.90 Å². The highest BCUT2D eigenvalue weighted by atomic mass is 19.1. The summed E-state index contributed by atoms with van der Waals surface area (Å²) in [6, 6.07) is 6.71. The summed E-state index contributed by atoms with van der Waals surface area (Å²) in [6.07, 6.45) is 0. The van der Waals surface area contributed by atoms with Crippen molar-refractivity contribution in [3.05, 3.63) is 35.6 Å². The number of halogens is 1. The third-order valence-electron chi connectivity index (χ3n) is 2.21. The van der Waals surface area contributed by atoms with Crippen molar-refractivity contribution in [2.24, 2.45) is 0 Å². The van der Waals surface area contributed by atoms with Gasteiger partial charge in [-0.05, 0) is 30.8 Å². The molecule has 0 radical (unpaired) electrons. The fourth-order valence-electron chi connectivity index (χ4n) is 1.30. The van der Waals surface area contributed by atoms with Crippen LogP contribution in [0.4, 0.5) is 4.39 Å². The smallest absolute Gasteiger partial charge is 0.123 e. The number of nitrogens with zero attached hydrogens (tertiary/aromatic N) is 1. The predicted octanol–water partition coefficient (Wildman–Crippen LogP) is 2.67. The van der Waals surface area contributed by atoms with Crippen molar-refractivity contribution >= 4 is 0 Å². The van der Waals surface area contributed by atoms with E-state index in [4.69, 9.17) is 0 Å². The standard InChI is InChI=1S/C11H16FN/c1-3-13(4-2)9-10-5-7-11(12)8-6-10/h5-8H,3-4,9H2,1-2H3. The summed E-state index contributed by atoms with van der Waals surface area (Å²) in [5, 5.41) is 0. The van der Waals surface area contributed by atoms with E-state index in [1.54, 1.807) is 0 Å².